The molecule has 0 amide bonds. The van der Waals surface area contributed by atoms with Crippen molar-refractivity contribution in [2.45, 2.75) is 46.4 Å². The molecule has 1 fully saturated rings. The Morgan fingerprint density at radius 3 is 2.67 bits per heavy atom. The lowest BCUT2D eigenvalue weighted by molar-refractivity contribution is -0.00566. The Bertz CT molecular complexity index is 457. The zero-order valence-corrected chi connectivity index (χ0v) is 13.4. The van der Waals surface area contributed by atoms with E-state index in [-0.39, 0.29) is 18.0 Å². The molecule has 0 spiro atoms. The third-order valence-electron chi connectivity index (χ3n) is 3.54. The Hall–Kier alpha value is -1.20. The zero-order valence-electron chi connectivity index (χ0n) is 13.4. The van der Waals surface area contributed by atoms with Crippen LogP contribution >= 0.6 is 0 Å². The number of nitrogens with zero attached hydrogens (tertiary/aromatic N) is 2. The predicted octanol–water partition coefficient (Wildman–Crippen LogP) is 2.58. The summed E-state index contributed by atoms with van der Waals surface area (Å²) in [6.07, 6.45) is 1.88. The Balaban J connectivity index is 2.09. The third-order valence-corrected chi connectivity index (χ3v) is 3.54. The van der Waals surface area contributed by atoms with Crippen LogP contribution < -0.4 is 10.2 Å². The molecule has 0 radical (unpaired) electrons. The monoisotopic (exact) mass is 295 g/mol. The molecule has 1 saturated heterocycles. The van der Waals surface area contributed by atoms with Crippen molar-refractivity contribution >= 4 is 5.82 Å². The highest BCUT2D eigenvalue weighted by Crippen LogP contribution is 2.23. The average Bonchev–Trinajstić information content (AvgIpc) is 2.39. The maximum atomic E-state index is 14.7. The number of pyridine rings is 1. The summed E-state index contributed by atoms with van der Waals surface area (Å²) in [5, 5.41) is 3.28. The van der Waals surface area contributed by atoms with Crippen LogP contribution in [0.4, 0.5) is 10.2 Å². The summed E-state index contributed by atoms with van der Waals surface area (Å²) >= 11 is 0. The molecule has 2 atom stereocenters. The van der Waals surface area contributed by atoms with Gasteiger partial charge in [-0.25, -0.2) is 9.37 Å². The molecule has 1 aliphatic rings. The molecular formula is C16H26FN3O. The van der Waals surface area contributed by atoms with Crippen molar-refractivity contribution in [2.75, 3.05) is 24.5 Å². The summed E-state index contributed by atoms with van der Waals surface area (Å²) in [5.41, 5.74) is 0.674. The maximum Gasteiger partial charge on any atom is 0.170 e. The minimum atomic E-state index is -0.213. The van der Waals surface area contributed by atoms with Gasteiger partial charge in [-0.05, 0) is 32.4 Å². The number of rotatable bonds is 5. The number of halogens is 1. The van der Waals surface area contributed by atoms with E-state index in [0.29, 0.717) is 36.9 Å². The molecule has 2 heterocycles. The molecule has 0 aliphatic carbocycles. The topological polar surface area (TPSA) is 37.4 Å². The Morgan fingerprint density at radius 2 is 2.05 bits per heavy atom. The van der Waals surface area contributed by atoms with Gasteiger partial charge >= 0.3 is 0 Å². The van der Waals surface area contributed by atoms with Gasteiger partial charge in [0.1, 0.15) is 0 Å². The van der Waals surface area contributed by atoms with Crippen molar-refractivity contribution < 1.29 is 9.13 Å². The standard InChI is InChI=1S/C16H26FN3O/c1-11(2)7-18-8-14-5-6-19-16(15(14)17)20-9-12(3)21-13(4)10-20/h5-6,11-13,18H,7-10H2,1-4H3. The molecule has 2 unspecified atom stereocenters. The first-order valence-corrected chi connectivity index (χ1v) is 7.72. The van der Waals surface area contributed by atoms with Gasteiger partial charge in [0.2, 0.25) is 0 Å². The quantitative estimate of drug-likeness (QED) is 0.906. The van der Waals surface area contributed by atoms with Gasteiger partial charge in [-0.3, -0.25) is 0 Å². The Kier molecular flexibility index (Phi) is 5.53. The molecule has 118 valence electrons. The molecule has 1 aromatic rings. The summed E-state index contributed by atoms with van der Waals surface area (Å²) in [7, 11) is 0. The van der Waals surface area contributed by atoms with E-state index in [9.17, 15) is 4.39 Å². The van der Waals surface area contributed by atoms with Gasteiger partial charge in [0.25, 0.3) is 0 Å². The van der Waals surface area contributed by atoms with E-state index in [2.05, 4.69) is 24.1 Å². The molecular weight excluding hydrogens is 269 g/mol. The Labute approximate surface area is 126 Å². The number of morpholine rings is 1. The molecule has 0 aromatic carbocycles. The molecule has 1 aromatic heterocycles. The predicted molar refractivity (Wildman–Crippen MR) is 83.0 cm³/mol. The summed E-state index contributed by atoms with van der Waals surface area (Å²) in [5.74, 6) is 0.784. The average molecular weight is 295 g/mol. The number of hydrogen-bond donors (Lipinski definition) is 1. The second kappa shape index (κ2) is 7.18. The minimum Gasteiger partial charge on any atom is -0.372 e. The summed E-state index contributed by atoms with van der Waals surface area (Å²) in [6.45, 7) is 11.1. The van der Waals surface area contributed by atoms with E-state index in [0.717, 1.165) is 6.54 Å². The fourth-order valence-corrected chi connectivity index (χ4v) is 2.67. The molecule has 5 heteroatoms. The fraction of sp³-hybridized carbons (Fsp3) is 0.688. The van der Waals surface area contributed by atoms with Crippen LogP contribution in [0, 0.1) is 11.7 Å². The molecule has 4 nitrogen and oxygen atoms in total. The molecule has 1 aliphatic heterocycles. The van der Waals surface area contributed by atoms with Crippen LogP contribution in [0.1, 0.15) is 33.3 Å². The van der Waals surface area contributed by atoms with Gasteiger partial charge < -0.3 is 15.0 Å². The van der Waals surface area contributed by atoms with Crippen LogP contribution in [0.25, 0.3) is 0 Å². The van der Waals surface area contributed by atoms with Gasteiger partial charge in [-0.1, -0.05) is 13.8 Å². The SMILES string of the molecule is CC(C)CNCc1ccnc(N2CC(C)OC(C)C2)c1F. The van der Waals surface area contributed by atoms with Gasteiger partial charge in [-0.2, -0.15) is 0 Å². The summed E-state index contributed by atoms with van der Waals surface area (Å²) in [6, 6.07) is 1.75. The number of ether oxygens (including phenoxy) is 1. The smallest absolute Gasteiger partial charge is 0.170 e. The zero-order chi connectivity index (χ0) is 15.4. The van der Waals surface area contributed by atoms with Crippen LogP contribution in [0.2, 0.25) is 0 Å². The van der Waals surface area contributed by atoms with E-state index in [1.54, 1.807) is 12.3 Å². The molecule has 2 rings (SSSR count). The van der Waals surface area contributed by atoms with Crippen molar-refractivity contribution in [3.05, 3.63) is 23.6 Å². The molecule has 0 bridgehead atoms. The highest BCUT2D eigenvalue weighted by atomic mass is 19.1. The van der Waals surface area contributed by atoms with Gasteiger partial charge in [0.05, 0.1) is 12.2 Å². The van der Waals surface area contributed by atoms with Gasteiger partial charge in [0.15, 0.2) is 11.6 Å². The first kappa shape index (κ1) is 16.2. The van der Waals surface area contributed by atoms with Gasteiger partial charge in [0, 0.05) is 31.4 Å². The highest BCUT2D eigenvalue weighted by Gasteiger charge is 2.25. The Morgan fingerprint density at radius 1 is 1.38 bits per heavy atom. The lowest BCUT2D eigenvalue weighted by Gasteiger charge is -2.36. The second-order valence-electron chi connectivity index (χ2n) is 6.29. The van der Waals surface area contributed by atoms with Crippen LogP contribution in [0.5, 0.6) is 0 Å². The first-order valence-electron chi connectivity index (χ1n) is 7.72. The van der Waals surface area contributed by atoms with Crippen molar-refractivity contribution in [1.29, 1.82) is 0 Å². The molecule has 1 N–H and O–H groups in total. The highest BCUT2D eigenvalue weighted by molar-refractivity contribution is 5.43. The van der Waals surface area contributed by atoms with Gasteiger partial charge in [-0.15, -0.1) is 0 Å². The van der Waals surface area contributed by atoms with Crippen LogP contribution in [-0.4, -0.2) is 36.8 Å². The maximum absolute atomic E-state index is 14.7. The van der Waals surface area contributed by atoms with Crippen LogP contribution in [-0.2, 0) is 11.3 Å². The van der Waals surface area contributed by atoms with E-state index >= 15 is 0 Å². The summed E-state index contributed by atoms with van der Waals surface area (Å²) < 4.78 is 20.3. The van der Waals surface area contributed by atoms with Crippen molar-refractivity contribution in [3.63, 3.8) is 0 Å². The van der Waals surface area contributed by atoms with Crippen LogP contribution in [0.15, 0.2) is 12.3 Å². The number of aromatic nitrogens is 1. The van der Waals surface area contributed by atoms with E-state index in [1.165, 1.54) is 0 Å². The first-order chi connectivity index (χ1) is 9.97. The largest absolute Gasteiger partial charge is 0.372 e. The minimum absolute atomic E-state index is 0.0951. The lowest BCUT2D eigenvalue weighted by Crippen LogP contribution is -2.46. The number of hydrogen-bond acceptors (Lipinski definition) is 4. The third kappa shape index (κ3) is 4.38. The number of nitrogens with one attached hydrogen (secondary N) is 1. The van der Waals surface area contributed by atoms with E-state index in [1.807, 2.05) is 18.7 Å². The van der Waals surface area contributed by atoms with Crippen molar-refractivity contribution in [2.24, 2.45) is 5.92 Å². The van der Waals surface area contributed by atoms with Crippen molar-refractivity contribution in [3.8, 4) is 0 Å². The lowest BCUT2D eigenvalue weighted by atomic mass is 10.2. The van der Waals surface area contributed by atoms with Crippen molar-refractivity contribution in [1.82, 2.24) is 10.3 Å². The molecule has 0 saturated carbocycles. The number of anilines is 1. The normalized spacial score (nSPS) is 22.9. The summed E-state index contributed by atoms with van der Waals surface area (Å²) in [4.78, 5) is 6.23. The van der Waals surface area contributed by atoms with E-state index < -0.39 is 0 Å². The second-order valence-corrected chi connectivity index (χ2v) is 6.29. The van der Waals surface area contributed by atoms with E-state index in [4.69, 9.17) is 4.74 Å². The van der Waals surface area contributed by atoms with Crippen LogP contribution in [0.3, 0.4) is 0 Å². The fourth-order valence-electron chi connectivity index (χ4n) is 2.67. The molecule has 21 heavy (non-hydrogen) atoms.